The van der Waals surface area contributed by atoms with Crippen molar-refractivity contribution in [2.75, 3.05) is 40.0 Å². The number of nitrogens with zero attached hydrogens (tertiary/aromatic N) is 1. The standard InChI is InChI=1S/C18H22N2O4.ClH/c1-22-15-5-2-4-14(12-15)18(21)19-13-16(17-6-3-9-24-17)20-7-10-23-11-8-20;/h2-6,9,12,16H,7-8,10-11,13H2,1H3,(H,19,21);1H. The molecule has 1 aliphatic rings. The molecule has 0 aliphatic carbocycles. The highest BCUT2D eigenvalue weighted by Crippen LogP contribution is 2.22. The summed E-state index contributed by atoms with van der Waals surface area (Å²) in [6.07, 6.45) is 1.66. The molecule has 3 rings (SSSR count). The second-order valence-electron chi connectivity index (χ2n) is 5.62. The monoisotopic (exact) mass is 366 g/mol. The molecule has 1 saturated heterocycles. The van der Waals surface area contributed by atoms with Gasteiger partial charge in [-0.1, -0.05) is 6.07 Å². The predicted octanol–water partition coefficient (Wildman–Crippen LogP) is 2.51. The number of carbonyl (C=O) groups is 1. The van der Waals surface area contributed by atoms with Crippen molar-refractivity contribution >= 4 is 18.3 Å². The van der Waals surface area contributed by atoms with Crippen molar-refractivity contribution in [2.45, 2.75) is 6.04 Å². The lowest BCUT2D eigenvalue weighted by Crippen LogP contribution is -2.43. The van der Waals surface area contributed by atoms with E-state index in [-0.39, 0.29) is 24.4 Å². The minimum absolute atomic E-state index is 0. The molecule has 25 heavy (non-hydrogen) atoms. The maximum atomic E-state index is 12.4. The molecule has 2 aromatic rings. The van der Waals surface area contributed by atoms with Crippen molar-refractivity contribution in [1.82, 2.24) is 10.2 Å². The maximum Gasteiger partial charge on any atom is 0.251 e. The lowest BCUT2D eigenvalue weighted by atomic mass is 10.1. The van der Waals surface area contributed by atoms with Gasteiger partial charge in [0.2, 0.25) is 0 Å². The van der Waals surface area contributed by atoms with Crippen LogP contribution in [0.4, 0.5) is 0 Å². The lowest BCUT2D eigenvalue weighted by Gasteiger charge is -2.33. The fourth-order valence-corrected chi connectivity index (χ4v) is 2.84. The van der Waals surface area contributed by atoms with E-state index in [1.807, 2.05) is 18.2 Å². The molecule has 1 fully saturated rings. The Morgan fingerprint density at radius 3 is 2.76 bits per heavy atom. The zero-order valence-corrected chi connectivity index (χ0v) is 15.0. The summed E-state index contributed by atoms with van der Waals surface area (Å²) in [5.41, 5.74) is 0.578. The molecule has 1 atom stereocenters. The molecule has 2 heterocycles. The number of ether oxygens (including phenoxy) is 2. The topological polar surface area (TPSA) is 63.9 Å². The van der Waals surface area contributed by atoms with E-state index in [0.717, 1.165) is 18.8 Å². The summed E-state index contributed by atoms with van der Waals surface area (Å²) in [6.45, 7) is 3.51. The number of methoxy groups -OCH3 is 1. The molecule has 7 heteroatoms. The zero-order chi connectivity index (χ0) is 16.8. The number of carbonyl (C=O) groups excluding carboxylic acids is 1. The number of morpholine rings is 1. The van der Waals surface area contributed by atoms with Crippen molar-refractivity contribution in [3.05, 3.63) is 54.0 Å². The van der Waals surface area contributed by atoms with E-state index in [0.29, 0.717) is 31.1 Å². The van der Waals surface area contributed by atoms with Crippen LogP contribution in [-0.2, 0) is 4.74 Å². The van der Waals surface area contributed by atoms with E-state index in [9.17, 15) is 4.79 Å². The van der Waals surface area contributed by atoms with Gasteiger partial charge in [0.15, 0.2) is 0 Å². The Balaban J connectivity index is 0.00000225. The van der Waals surface area contributed by atoms with Crippen LogP contribution in [0.3, 0.4) is 0 Å². The summed E-state index contributed by atoms with van der Waals surface area (Å²) in [5, 5.41) is 3.00. The Labute approximate surface area is 153 Å². The summed E-state index contributed by atoms with van der Waals surface area (Å²) in [5.74, 6) is 1.39. The van der Waals surface area contributed by atoms with Gasteiger partial charge in [0.05, 0.1) is 32.6 Å². The third kappa shape index (κ3) is 4.98. The van der Waals surface area contributed by atoms with Crippen LogP contribution < -0.4 is 10.1 Å². The summed E-state index contributed by atoms with van der Waals surface area (Å²) in [6, 6.07) is 10.9. The van der Waals surface area contributed by atoms with Crippen LogP contribution in [0.5, 0.6) is 5.75 Å². The van der Waals surface area contributed by atoms with Crippen LogP contribution in [0.2, 0.25) is 0 Å². The van der Waals surface area contributed by atoms with E-state index in [1.54, 1.807) is 31.6 Å². The largest absolute Gasteiger partial charge is 0.497 e. The molecule has 1 N–H and O–H groups in total. The SMILES string of the molecule is COc1cccc(C(=O)NCC(c2ccco2)N2CCOCC2)c1.Cl. The van der Waals surface area contributed by atoms with Gasteiger partial charge < -0.3 is 19.2 Å². The summed E-state index contributed by atoms with van der Waals surface area (Å²) < 4.78 is 16.2. The second-order valence-corrected chi connectivity index (χ2v) is 5.62. The molecule has 0 bridgehead atoms. The molecule has 0 radical (unpaired) electrons. The van der Waals surface area contributed by atoms with Gasteiger partial charge in [-0.05, 0) is 30.3 Å². The smallest absolute Gasteiger partial charge is 0.251 e. The minimum atomic E-state index is -0.126. The Bertz CT molecular complexity index is 657. The third-order valence-corrected chi connectivity index (χ3v) is 4.15. The molecule has 0 spiro atoms. The second kappa shape index (κ2) is 9.46. The van der Waals surface area contributed by atoms with E-state index >= 15 is 0 Å². The highest BCUT2D eigenvalue weighted by molar-refractivity contribution is 5.94. The van der Waals surface area contributed by atoms with Gasteiger partial charge >= 0.3 is 0 Å². The van der Waals surface area contributed by atoms with Crippen LogP contribution in [0.25, 0.3) is 0 Å². The van der Waals surface area contributed by atoms with E-state index < -0.39 is 0 Å². The van der Waals surface area contributed by atoms with E-state index in [2.05, 4.69) is 10.2 Å². The number of hydrogen-bond acceptors (Lipinski definition) is 5. The highest BCUT2D eigenvalue weighted by atomic mass is 35.5. The van der Waals surface area contributed by atoms with Gasteiger partial charge in [-0.3, -0.25) is 9.69 Å². The van der Waals surface area contributed by atoms with Crippen LogP contribution in [0, 0.1) is 0 Å². The average Bonchev–Trinajstić information content (AvgIpc) is 3.17. The summed E-state index contributed by atoms with van der Waals surface area (Å²) in [4.78, 5) is 14.7. The van der Waals surface area contributed by atoms with Gasteiger partial charge in [-0.2, -0.15) is 0 Å². The zero-order valence-electron chi connectivity index (χ0n) is 14.1. The molecule has 0 saturated carbocycles. The fourth-order valence-electron chi connectivity index (χ4n) is 2.84. The van der Waals surface area contributed by atoms with E-state index in [1.165, 1.54) is 0 Å². The molecular formula is C18H23ClN2O4. The number of amides is 1. The highest BCUT2D eigenvalue weighted by Gasteiger charge is 2.25. The van der Waals surface area contributed by atoms with Crippen LogP contribution in [0.15, 0.2) is 47.1 Å². The molecule has 1 aromatic heterocycles. The fraction of sp³-hybridized carbons (Fsp3) is 0.389. The molecule has 136 valence electrons. The quantitative estimate of drug-likeness (QED) is 0.851. The number of halogens is 1. The Morgan fingerprint density at radius 1 is 1.28 bits per heavy atom. The minimum Gasteiger partial charge on any atom is -0.497 e. The molecule has 6 nitrogen and oxygen atoms in total. The summed E-state index contributed by atoms with van der Waals surface area (Å²) in [7, 11) is 1.59. The van der Waals surface area contributed by atoms with Gasteiger partial charge in [0, 0.05) is 25.2 Å². The van der Waals surface area contributed by atoms with Crippen molar-refractivity contribution in [2.24, 2.45) is 0 Å². The normalized spacial score (nSPS) is 15.9. The van der Waals surface area contributed by atoms with Crippen molar-refractivity contribution in [3.8, 4) is 5.75 Å². The Hall–Kier alpha value is -2.02. The van der Waals surface area contributed by atoms with Crippen LogP contribution in [0.1, 0.15) is 22.2 Å². The van der Waals surface area contributed by atoms with E-state index in [4.69, 9.17) is 13.9 Å². The first kappa shape index (κ1) is 19.3. The molecule has 1 aliphatic heterocycles. The number of nitrogens with one attached hydrogen (secondary N) is 1. The first-order chi connectivity index (χ1) is 11.8. The summed E-state index contributed by atoms with van der Waals surface area (Å²) >= 11 is 0. The number of hydrogen-bond donors (Lipinski definition) is 1. The average molecular weight is 367 g/mol. The third-order valence-electron chi connectivity index (χ3n) is 4.15. The molecule has 1 aromatic carbocycles. The number of rotatable bonds is 6. The molecule has 1 unspecified atom stereocenters. The number of benzene rings is 1. The Kier molecular flexibility index (Phi) is 7.31. The van der Waals surface area contributed by atoms with Gasteiger partial charge in [-0.15, -0.1) is 12.4 Å². The predicted molar refractivity (Wildman–Crippen MR) is 96.4 cm³/mol. The van der Waals surface area contributed by atoms with Gasteiger partial charge in [-0.25, -0.2) is 0 Å². The first-order valence-electron chi connectivity index (χ1n) is 8.05. The van der Waals surface area contributed by atoms with Crippen LogP contribution >= 0.6 is 12.4 Å². The lowest BCUT2D eigenvalue weighted by molar-refractivity contribution is 0.0118. The maximum absolute atomic E-state index is 12.4. The molecular weight excluding hydrogens is 344 g/mol. The van der Waals surface area contributed by atoms with Gasteiger partial charge in [0.1, 0.15) is 11.5 Å². The molecule has 1 amide bonds. The van der Waals surface area contributed by atoms with Crippen molar-refractivity contribution in [1.29, 1.82) is 0 Å². The van der Waals surface area contributed by atoms with Crippen molar-refractivity contribution < 1.29 is 18.7 Å². The Morgan fingerprint density at radius 2 is 2.08 bits per heavy atom. The van der Waals surface area contributed by atoms with Crippen LogP contribution in [-0.4, -0.2) is 50.8 Å². The number of furan rings is 1. The van der Waals surface area contributed by atoms with Crippen molar-refractivity contribution in [3.63, 3.8) is 0 Å². The first-order valence-corrected chi connectivity index (χ1v) is 8.05. The van der Waals surface area contributed by atoms with Gasteiger partial charge in [0.25, 0.3) is 5.91 Å².